The number of fused-ring (bicyclic) bond motifs is 1. The number of rotatable bonds is 7. The lowest BCUT2D eigenvalue weighted by Gasteiger charge is -2.19. The van der Waals surface area contributed by atoms with E-state index in [1.807, 2.05) is 24.0 Å². The summed E-state index contributed by atoms with van der Waals surface area (Å²) in [6, 6.07) is 10.3. The molecule has 4 nitrogen and oxygen atoms in total. The topological polar surface area (TPSA) is 38.8 Å². The fourth-order valence-electron chi connectivity index (χ4n) is 3.73. The van der Waals surface area contributed by atoms with Gasteiger partial charge in [0.1, 0.15) is 11.5 Å². The zero-order valence-corrected chi connectivity index (χ0v) is 16.1. The van der Waals surface area contributed by atoms with Crippen molar-refractivity contribution in [1.82, 2.24) is 0 Å². The maximum absolute atomic E-state index is 12.4. The predicted octanol–water partition coefficient (Wildman–Crippen LogP) is 4.62. The highest BCUT2D eigenvalue weighted by molar-refractivity contribution is 6.04. The molecule has 2 aromatic rings. The summed E-state index contributed by atoms with van der Waals surface area (Å²) in [5.74, 6) is 1.74. The van der Waals surface area contributed by atoms with Crippen molar-refractivity contribution < 1.29 is 14.3 Å². The van der Waals surface area contributed by atoms with Crippen molar-refractivity contribution in [3.63, 3.8) is 0 Å². The van der Waals surface area contributed by atoms with Crippen LogP contribution in [0.4, 0.5) is 5.69 Å². The second-order valence-corrected chi connectivity index (χ2v) is 6.60. The minimum Gasteiger partial charge on any atom is -0.496 e. The number of ether oxygens (including phenoxy) is 2. The smallest absolute Gasteiger partial charge is 0.231 e. The van der Waals surface area contributed by atoms with Crippen molar-refractivity contribution in [2.24, 2.45) is 0 Å². The van der Waals surface area contributed by atoms with E-state index in [4.69, 9.17) is 9.47 Å². The lowest BCUT2D eigenvalue weighted by Crippen LogP contribution is -2.25. The average Bonchev–Trinajstić information content (AvgIpc) is 3.00. The fourth-order valence-corrected chi connectivity index (χ4v) is 3.73. The lowest BCUT2D eigenvalue weighted by molar-refractivity contribution is -0.117. The summed E-state index contributed by atoms with van der Waals surface area (Å²) >= 11 is 0. The van der Waals surface area contributed by atoms with Crippen molar-refractivity contribution in [3.8, 4) is 22.6 Å². The summed E-state index contributed by atoms with van der Waals surface area (Å²) in [5.41, 5.74) is 5.20. The SMILES string of the molecule is CCCCc1cc(OC)c(-c2cccc3c2CC(=O)N3CC)c(OC)c1. The molecule has 0 unspecified atom stereocenters. The van der Waals surface area contributed by atoms with Gasteiger partial charge in [-0.3, -0.25) is 4.79 Å². The van der Waals surface area contributed by atoms with Gasteiger partial charge in [0.15, 0.2) is 0 Å². The number of nitrogens with zero attached hydrogens (tertiary/aromatic N) is 1. The molecule has 0 aromatic heterocycles. The van der Waals surface area contributed by atoms with Gasteiger partial charge in [0, 0.05) is 12.2 Å². The van der Waals surface area contributed by atoms with Crippen LogP contribution in [-0.2, 0) is 17.6 Å². The number of anilines is 1. The molecule has 0 saturated heterocycles. The van der Waals surface area contributed by atoms with Gasteiger partial charge >= 0.3 is 0 Å². The quantitative estimate of drug-likeness (QED) is 0.729. The molecule has 3 rings (SSSR count). The van der Waals surface area contributed by atoms with Crippen LogP contribution in [0.5, 0.6) is 11.5 Å². The Morgan fingerprint density at radius 2 is 1.77 bits per heavy atom. The van der Waals surface area contributed by atoms with Gasteiger partial charge < -0.3 is 14.4 Å². The van der Waals surface area contributed by atoms with Gasteiger partial charge in [-0.05, 0) is 54.7 Å². The van der Waals surface area contributed by atoms with E-state index in [9.17, 15) is 4.79 Å². The molecule has 1 amide bonds. The summed E-state index contributed by atoms with van der Waals surface area (Å²) in [6.45, 7) is 4.87. The van der Waals surface area contributed by atoms with Crippen LogP contribution < -0.4 is 14.4 Å². The highest BCUT2D eigenvalue weighted by Gasteiger charge is 2.30. The molecule has 0 N–H and O–H groups in total. The van der Waals surface area contributed by atoms with Crippen LogP contribution >= 0.6 is 0 Å². The van der Waals surface area contributed by atoms with E-state index in [1.165, 1.54) is 5.56 Å². The third-order valence-corrected chi connectivity index (χ3v) is 5.04. The molecule has 1 aliphatic heterocycles. The van der Waals surface area contributed by atoms with Crippen LogP contribution in [0.25, 0.3) is 11.1 Å². The number of hydrogen-bond acceptors (Lipinski definition) is 3. The predicted molar refractivity (Wildman–Crippen MR) is 105 cm³/mol. The first kappa shape index (κ1) is 18.3. The lowest BCUT2D eigenvalue weighted by atomic mass is 9.94. The molecule has 0 fully saturated rings. The van der Waals surface area contributed by atoms with Crippen LogP contribution in [-0.4, -0.2) is 26.7 Å². The van der Waals surface area contributed by atoms with E-state index in [0.29, 0.717) is 13.0 Å². The molecule has 0 saturated carbocycles. The number of carbonyl (C=O) groups is 1. The highest BCUT2D eigenvalue weighted by Crippen LogP contribution is 2.45. The van der Waals surface area contributed by atoms with Crippen LogP contribution in [0, 0.1) is 0 Å². The Morgan fingerprint density at radius 1 is 1.08 bits per heavy atom. The van der Waals surface area contributed by atoms with E-state index >= 15 is 0 Å². The Balaban J connectivity index is 2.16. The summed E-state index contributed by atoms with van der Waals surface area (Å²) in [7, 11) is 3.38. The Labute approximate surface area is 155 Å². The molecule has 0 atom stereocenters. The second-order valence-electron chi connectivity index (χ2n) is 6.60. The Kier molecular flexibility index (Phi) is 5.50. The molecule has 1 aliphatic rings. The summed E-state index contributed by atoms with van der Waals surface area (Å²) in [5, 5.41) is 0. The van der Waals surface area contributed by atoms with Crippen molar-refractivity contribution in [2.45, 2.75) is 39.5 Å². The largest absolute Gasteiger partial charge is 0.496 e. The molecule has 4 heteroatoms. The van der Waals surface area contributed by atoms with Crippen molar-refractivity contribution >= 4 is 11.6 Å². The summed E-state index contributed by atoms with van der Waals surface area (Å²) < 4.78 is 11.4. The highest BCUT2D eigenvalue weighted by atomic mass is 16.5. The standard InChI is InChI=1S/C22H27NO3/c1-5-7-9-15-12-19(25-3)22(20(13-15)26-4)16-10-8-11-18-17(16)14-21(24)23(18)6-2/h8,10-13H,5-7,9,14H2,1-4H3. The zero-order valence-electron chi connectivity index (χ0n) is 16.1. The van der Waals surface area contributed by atoms with Gasteiger partial charge in [-0.1, -0.05) is 25.5 Å². The maximum atomic E-state index is 12.4. The number of unbranched alkanes of at least 4 members (excludes halogenated alkanes) is 1. The van der Waals surface area contributed by atoms with Crippen LogP contribution in [0.15, 0.2) is 30.3 Å². The fraction of sp³-hybridized carbons (Fsp3) is 0.409. The molecular weight excluding hydrogens is 326 g/mol. The van der Waals surface area contributed by atoms with E-state index < -0.39 is 0 Å². The van der Waals surface area contributed by atoms with Crippen molar-refractivity contribution in [3.05, 3.63) is 41.5 Å². The zero-order chi connectivity index (χ0) is 18.7. The molecule has 0 spiro atoms. The molecule has 138 valence electrons. The van der Waals surface area contributed by atoms with E-state index in [2.05, 4.69) is 25.1 Å². The molecule has 26 heavy (non-hydrogen) atoms. The Bertz CT molecular complexity index is 788. The van der Waals surface area contributed by atoms with E-state index in [-0.39, 0.29) is 5.91 Å². The first-order valence-electron chi connectivity index (χ1n) is 9.32. The van der Waals surface area contributed by atoms with Crippen LogP contribution in [0.3, 0.4) is 0 Å². The number of aryl methyl sites for hydroxylation is 1. The Morgan fingerprint density at radius 3 is 2.35 bits per heavy atom. The van der Waals surface area contributed by atoms with Gasteiger partial charge in [-0.25, -0.2) is 0 Å². The number of likely N-dealkylation sites (N-methyl/N-ethyl adjacent to an activating group) is 1. The van der Waals surface area contributed by atoms with Gasteiger partial charge in [0.2, 0.25) is 5.91 Å². The third kappa shape index (κ3) is 3.16. The molecule has 1 heterocycles. The van der Waals surface area contributed by atoms with Gasteiger partial charge in [-0.2, -0.15) is 0 Å². The van der Waals surface area contributed by atoms with E-state index in [1.54, 1.807) is 14.2 Å². The number of hydrogen-bond donors (Lipinski definition) is 0. The van der Waals surface area contributed by atoms with E-state index in [0.717, 1.165) is 53.1 Å². The van der Waals surface area contributed by atoms with Crippen molar-refractivity contribution in [2.75, 3.05) is 25.7 Å². The third-order valence-electron chi connectivity index (χ3n) is 5.04. The summed E-state index contributed by atoms with van der Waals surface area (Å²) in [4.78, 5) is 14.2. The van der Waals surface area contributed by atoms with Gasteiger partial charge in [-0.15, -0.1) is 0 Å². The van der Waals surface area contributed by atoms with Crippen LogP contribution in [0.2, 0.25) is 0 Å². The number of amides is 1. The van der Waals surface area contributed by atoms with Crippen molar-refractivity contribution in [1.29, 1.82) is 0 Å². The maximum Gasteiger partial charge on any atom is 0.231 e. The monoisotopic (exact) mass is 353 g/mol. The molecular formula is C22H27NO3. The van der Waals surface area contributed by atoms with Gasteiger partial charge in [0.25, 0.3) is 0 Å². The molecule has 0 aliphatic carbocycles. The first-order valence-corrected chi connectivity index (χ1v) is 9.32. The normalized spacial score (nSPS) is 13.1. The molecule has 2 aromatic carbocycles. The molecule has 0 bridgehead atoms. The second kappa shape index (κ2) is 7.81. The first-order chi connectivity index (χ1) is 12.6. The van der Waals surface area contributed by atoms with Gasteiger partial charge in [0.05, 0.1) is 26.2 Å². The summed E-state index contributed by atoms with van der Waals surface area (Å²) in [6.07, 6.45) is 3.70. The average molecular weight is 353 g/mol. The molecule has 0 radical (unpaired) electrons. The number of carbonyl (C=O) groups excluding carboxylic acids is 1. The Hall–Kier alpha value is -2.49. The van der Waals surface area contributed by atoms with Crippen LogP contribution in [0.1, 0.15) is 37.8 Å². The number of benzene rings is 2. The minimum absolute atomic E-state index is 0.146. The minimum atomic E-state index is 0.146. The number of methoxy groups -OCH3 is 2.